The normalized spacial score (nSPS) is 10.4. The fraction of sp³-hybridized carbons (Fsp3) is 0. The molecular formula is C19H12Cl3NO3. The smallest absolute Gasteiger partial charge is 0.259 e. The molecule has 0 saturated heterocycles. The molecule has 0 saturated carbocycles. The Bertz CT molecular complexity index is 976. The minimum absolute atomic E-state index is 0.0109. The lowest BCUT2D eigenvalue weighted by atomic mass is 10.1. The van der Waals surface area contributed by atoms with E-state index in [-0.39, 0.29) is 21.4 Å². The number of benzene rings is 3. The number of phenolic OH excluding ortho intramolecular Hbond substituents is 1. The number of hydrogen-bond donors (Lipinski definition) is 2. The Kier molecular flexibility index (Phi) is 5.57. The number of phenols is 1. The van der Waals surface area contributed by atoms with Crippen molar-refractivity contribution in [1.29, 1.82) is 0 Å². The zero-order valence-electron chi connectivity index (χ0n) is 13.2. The molecule has 26 heavy (non-hydrogen) atoms. The summed E-state index contributed by atoms with van der Waals surface area (Å²) in [4.78, 5) is 12.5. The van der Waals surface area contributed by atoms with Crippen molar-refractivity contribution in [2.45, 2.75) is 0 Å². The molecular weight excluding hydrogens is 397 g/mol. The van der Waals surface area contributed by atoms with Gasteiger partial charge in [-0.25, -0.2) is 0 Å². The number of carbonyl (C=O) groups is 1. The molecule has 0 fully saturated rings. The van der Waals surface area contributed by atoms with Crippen LogP contribution in [0.3, 0.4) is 0 Å². The summed E-state index contributed by atoms with van der Waals surface area (Å²) in [5.41, 5.74) is 0.350. The van der Waals surface area contributed by atoms with Crippen LogP contribution in [0.4, 0.5) is 5.69 Å². The highest BCUT2D eigenvalue weighted by Gasteiger charge is 2.17. The van der Waals surface area contributed by atoms with Gasteiger partial charge in [0, 0.05) is 5.02 Å². The third kappa shape index (κ3) is 4.05. The molecule has 0 unspecified atom stereocenters. The van der Waals surface area contributed by atoms with Gasteiger partial charge in [-0.2, -0.15) is 0 Å². The summed E-state index contributed by atoms with van der Waals surface area (Å²) in [5, 5.41) is 13.4. The van der Waals surface area contributed by atoms with Gasteiger partial charge in [-0.3, -0.25) is 4.79 Å². The van der Waals surface area contributed by atoms with E-state index in [0.29, 0.717) is 22.2 Å². The second kappa shape index (κ2) is 7.87. The lowest BCUT2D eigenvalue weighted by Crippen LogP contribution is -2.13. The highest BCUT2D eigenvalue weighted by molar-refractivity contribution is 6.36. The molecule has 0 atom stereocenters. The van der Waals surface area contributed by atoms with Crippen LogP contribution in [0.25, 0.3) is 0 Å². The van der Waals surface area contributed by atoms with E-state index in [4.69, 9.17) is 39.5 Å². The van der Waals surface area contributed by atoms with E-state index >= 15 is 0 Å². The topological polar surface area (TPSA) is 58.6 Å². The Labute approximate surface area is 164 Å². The molecule has 1 amide bonds. The quantitative estimate of drug-likeness (QED) is 0.525. The summed E-state index contributed by atoms with van der Waals surface area (Å²) in [7, 11) is 0. The Morgan fingerprint density at radius 1 is 0.885 bits per heavy atom. The van der Waals surface area contributed by atoms with Crippen LogP contribution in [-0.2, 0) is 0 Å². The first kappa shape index (κ1) is 18.4. The van der Waals surface area contributed by atoms with Crippen molar-refractivity contribution in [3.8, 4) is 17.2 Å². The fourth-order valence-corrected chi connectivity index (χ4v) is 2.90. The van der Waals surface area contributed by atoms with Crippen LogP contribution >= 0.6 is 34.8 Å². The van der Waals surface area contributed by atoms with Crippen LogP contribution in [0.5, 0.6) is 17.2 Å². The van der Waals surface area contributed by atoms with E-state index in [2.05, 4.69) is 5.32 Å². The number of anilines is 1. The average Bonchev–Trinajstić information content (AvgIpc) is 2.61. The zero-order chi connectivity index (χ0) is 18.7. The van der Waals surface area contributed by atoms with Crippen molar-refractivity contribution in [3.05, 3.63) is 81.3 Å². The number of aromatic hydroxyl groups is 1. The predicted octanol–water partition coefficient (Wildman–Crippen LogP) is 6.40. The van der Waals surface area contributed by atoms with Crippen molar-refractivity contribution in [1.82, 2.24) is 0 Å². The van der Waals surface area contributed by atoms with E-state index < -0.39 is 5.91 Å². The molecule has 0 bridgehead atoms. The molecule has 0 aliphatic heterocycles. The van der Waals surface area contributed by atoms with Gasteiger partial charge in [0.15, 0.2) is 5.75 Å². The molecule has 3 aromatic rings. The van der Waals surface area contributed by atoms with Crippen molar-refractivity contribution >= 4 is 46.4 Å². The minimum Gasteiger partial charge on any atom is -0.506 e. The van der Waals surface area contributed by atoms with E-state index in [9.17, 15) is 9.90 Å². The molecule has 4 nitrogen and oxygen atoms in total. The summed E-state index contributed by atoms with van der Waals surface area (Å²) in [5.74, 6) is -0.0914. The average molecular weight is 409 g/mol. The van der Waals surface area contributed by atoms with Gasteiger partial charge in [0.1, 0.15) is 11.5 Å². The zero-order valence-corrected chi connectivity index (χ0v) is 15.4. The molecule has 0 aromatic heterocycles. The summed E-state index contributed by atoms with van der Waals surface area (Å²) >= 11 is 17.9. The largest absolute Gasteiger partial charge is 0.506 e. The maximum absolute atomic E-state index is 12.5. The highest BCUT2D eigenvalue weighted by atomic mass is 35.5. The van der Waals surface area contributed by atoms with E-state index in [0.717, 1.165) is 0 Å². The van der Waals surface area contributed by atoms with Crippen LogP contribution < -0.4 is 10.1 Å². The summed E-state index contributed by atoms with van der Waals surface area (Å²) < 4.78 is 5.79. The Morgan fingerprint density at radius 2 is 1.54 bits per heavy atom. The third-order valence-electron chi connectivity index (χ3n) is 3.46. The maximum atomic E-state index is 12.5. The number of ether oxygens (including phenoxy) is 1. The van der Waals surface area contributed by atoms with Crippen LogP contribution in [-0.4, -0.2) is 11.0 Å². The first-order valence-electron chi connectivity index (χ1n) is 7.46. The van der Waals surface area contributed by atoms with Crippen molar-refractivity contribution in [3.63, 3.8) is 0 Å². The molecule has 3 aromatic carbocycles. The summed E-state index contributed by atoms with van der Waals surface area (Å²) in [6, 6.07) is 16.5. The summed E-state index contributed by atoms with van der Waals surface area (Å²) in [6.45, 7) is 0. The van der Waals surface area contributed by atoms with Crippen molar-refractivity contribution < 1.29 is 14.6 Å². The van der Waals surface area contributed by atoms with Crippen LogP contribution in [0.1, 0.15) is 10.4 Å². The van der Waals surface area contributed by atoms with E-state index in [1.54, 1.807) is 48.5 Å². The Hall–Kier alpha value is -2.40. The Morgan fingerprint density at radius 3 is 2.27 bits per heavy atom. The van der Waals surface area contributed by atoms with Gasteiger partial charge in [0.25, 0.3) is 5.91 Å². The lowest BCUT2D eigenvalue weighted by Gasteiger charge is -2.14. The molecule has 0 spiro atoms. The maximum Gasteiger partial charge on any atom is 0.259 e. The molecule has 2 N–H and O–H groups in total. The van der Waals surface area contributed by atoms with Crippen molar-refractivity contribution in [2.75, 3.05) is 5.32 Å². The first-order chi connectivity index (χ1) is 12.5. The molecule has 0 heterocycles. The van der Waals surface area contributed by atoms with Crippen LogP contribution in [0, 0.1) is 0 Å². The lowest BCUT2D eigenvalue weighted by molar-refractivity contribution is 0.102. The number of halogens is 3. The first-order valence-corrected chi connectivity index (χ1v) is 8.60. The SMILES string of the molecule is O=C(Nc1ccccc1Oc1ccccc1Cl)c1cc(Cl)cc(Cl)c1O. The van der Waals surface area contributed by atoms with Crippen LogP contribution in [0.2, 0.25) is 15.1 Å². The van der Waals surface area contributed by atoms with Gasteiger partial charge in [-0.1, -0.05) is 59.1 Å². The van der Waals surface area contributed by atoms with Gasteiger partial charge in [-0.15, -0.1) is 0 Å². The standard InChI is InChI=1S/C19H12Cl3NO3/c20-11-9-12(18(24)14(22)10-11)19(25)23-15-6-2-4-8-17(15)26-16-7-3-1-5-13(16)21/h1-10,24H,(H,23,25). The predicted molar refractivity (Wildman–Crippen MR) is 104 cm³/mol. The molecule has 132 valence electrons. The van der Waals surface area contributed by atoms with E-state index in [1.165, 1.54) is 12.1 Å². The van der Waals surface area contributed by atoms with Gasteiger partial charge < -0.3 is 15.2 Å². The van der Waals surface area contributed by atoms with Gasteiger partial charge in [0.05, 0.1) is 21.3 Å². The number of carbonyl (C=O) groups excluding carboxylic acids is 1. The van der Waals surface area contributed by atoms with Crippen LogP contribution in [0.15, 0.2) is 60.7 Å². The second-order valence-corrected chi connectivity index (χ2v) is 6.52. The number of para-hydroxylation sites is 3. The molecule has 0 aliphatic rings. The van der Waals surface area contributed by atoms with E-state index in [1.807, 2.05) is 0 Å². The monoisotopic (exact) mass is 407 g/mol. The third-order valence-corrected chi connectivity index (χ3v) is 4.28. The number of amides is 1. The molecule has 7 heteroatoms. The number of rotatable bonds is 4. The number of hydrogen-bond acceptors (Lipinski definition) is 3. The van der Waals surface area contributed by atoms with Gasteiger partial charge in [-0.05, 0) is 36.4 Å². The highest BCUT2D eigenvalue weighted by Crippen LogP contribution is 2.35. The second-order valence-electron chi connectivity index (χ2n) is 5.27. The fourth-order valence-electron chi connectivity index (χ4n) is 2.23. The minimum atomic E-state index is -0.581. The number of nitrogens with one attached hydrogen (secondary N) is 1. The molecule has 3 rings (SSSR count). The molecule has 0 radical (unpaired) electrons. The van der Waals surface area contributed by atoms with Crippen molar-refractivity contribution in [2.24, 2.45) is 0 Å². The Balaban J connectivity index is 1.89. The van der Waals surface area contributed by atoms with Gasteiger partial charge in [0.2, 0.25) is 0 Å². The summed E-state index contributed by atoms with van der Waals surface area (Å²) in [6.07, 6.45) is 0. The molecule has 0 aliphatic carbocycles. The van der Waals surface area contributed by atoms with Gasteiger partial charge >= 0.3 is 0 Å².